The molecule has 1 heterocycles. The van der Waals surface area contributed by atoms with Gasteiger partial charge < -0.3 is 14.6 Å². The van der Waals surface area contributed by atoms with E-state index in [1.807, 2.05) is 42.5 Å². The molecule has 1 aliphatic heterocycles. The summed E-state index contributed by atoms with van der Waals surface area (Å²) in [5.41, 5.74) is 1.83. The Balaban J connectivity index is 1.97. The number of hydrogen-bond donors (Lipinski definition) is 1. The third kappa shape index (κ3) is 2.41. The highest BCUT2D eigenvalue weighted by molar-refractivity contribution is 9.10. The normalized spacial score (nSPS) is 20.9. The summed E-state index contributed by atoms with van der Waals surface area (Å²) in [7, 11) is 1.64. The van der Waals surface area contributed by atoms with E-state index in [0.717, 1.165) is 27.1 Å². The Hall–Kier alpha value is -1.52. The van der Waals surface area contributed by atoms with Gasteiger partial charge in [0, 0.05) is 22.0 Å². The second kappa shape index (κ2) is 5.46. The van der Waals surface area contributed by atoms with Gasteiger partial charge in [0.05, 0.1) is 13.2 Å². The zero-order valence-electron chi connectivity index (χ0n) is 11.0. The summed E-state index contributed by atoms with van der Waals surface area (Å²) in [6.45, 7) is 0. The Morgan fingerprint density at radius 3 is 2.80 bits per heavy atom. The molecule has 0 bridgehead atoms. The van der Waals surface area contributed by atoms with Crippen LogP contribution in [0.15, 0.2) is 46.9 Å². The lowest BCUT2D eigenvalue weighted by atomic mass is 9.95. The number of para-hydroxylation sites is 1. The number of aliphatic hydroxyl groups excluding tert-OH is 1. The van der Waals surface area contributed by atoms with Crippen molar-refractivity contribution in [3.05, 3.63) is 58.1 Å². The molecule has 0 radical (unpaired) electrons. The number of methoxy groups -OCH3 is 1. The molecule has 104 valence electrons. The van der Waals surface area contributed by atoms with Crippen LogP contribution in [0.4, 0.5) is 0 Å². The van der Waals surface area contributed by atoms with Crippen molar-refractivity contribution >= 4 is 15.9 Å². The van der Waals surface area contributed by atoms with Crippen LogP contribution in [0.1, 0.15) is 29.8 Å². The third-order valence-electron chi connectivity index (χ3n) is 3.53. The average Bonchev–Trinajstić information content (AvgIpc) is 2.48. The maximum absolute atomic E-state index is 10.3. The van der Waals surface area contributed by atoms with E-state index in [-0.39, 0.29) is 6.10 Å². The van der Waals surface area contributed by atoms with Crippen molar-refractivity contribution in [2.75, 3.05) is 7.11 Å². The quantitative estimate of drug-likeness (QED) is 0.901. The summed E-state index contributed by atoms with van der Waals surface area (Å²) >= 11 is 3.54. The maximum atomic E-state index is 10.3. The third-order valence-corrected chi connectivity index (χ3v) is 4.26. The van der Waals surface area contributed by atoms with E-state index >= 15 is 0 Å². The molecule has 20 heavy (non-hydrogen) atoms. The largest absolute Gasteiger partial charge is 0.497 e. The second-order valence-electron chi connectivity index (χ2n) is 4.78. The van der Waals surface area contributed by atoms with Gasteiger partial charge >= 0.3 is 0 Å². The number of ether oxygens (including phenoxy) is 2. The highest BCUT2D eigenvalue weighted by Crippen LogP contribution is 2.42. The van der Waals surface area contributed by atoms with Crippen molar-refractivity contribution in [3.8, 4) is 11.5 Å². The summed E-state index contributed by atoms with van der Waals surface area (Å²) in [6, 6.07) is 13.4. The number of rotatable bonds is 2. The molecule has 0 saturated carbocycles. The van der Waals surface area contributed by atoms with Crippen molar-refractivity contribution in [2.24, 2.45) is 0 Å². The molecule has 2 atom stereocenters. The molecule has 0 aromatic heterocycles. The molecule has 0 saturated heterocycles. The fourth-order valence-electron chi connectivity index (χ4n) is 2.48. The summed E-state index contributed by atoms with van der Waals surface area (Å²) in [5.74, 6) is 1.52. The van der Waals surface area contributed by atoms with Crippen LogP contribution >= 0.6 is 15.9 Å². The highest BCUT2D eigenvalue weighted by atomic mass is 79.9. The summed E-state index contributed by atoms with van der Waals surface area (Å²) in [6.07, 6.45) is -0.171. The van der Waals surface area contributed by atoms with Gasteiger partial charge in [-0.3, -0.25) is 0 Å². The van der Waals surface area contributed by atoms with Gasteiger partial charge in [-0.25, -0.2) is 0 Å². The van der Waals surface area contributed by atoms with Gasteiger partial charge in [0.15, 0.2) is 0 Å². The molecular formula is C16H15BrO3. The first-order chi connectivity index (χ1) is 9.69. The van der Waals surface area contributed by atoms with Crippen molar-refractivity contribution in [2.45, 2.75) is 18.6 Å². The van der Waals surface area contributed by atoms with Crippen molar-refractivity contribution in [1.29, 1.82) is 0 Å². The van der Waals surface area contributed by atoms with E-state index in [4.69, 9.17) is 9.47 Å². The summed E-state index contributed by atoms with van der Waals surface area (Å²) in [5, 5.41) is 10.3. The number of benzene rings is 2. The minimum atomic E-state index is -0.511. The van der Waals surface area contributed by atoms with Crippen LogP contribution in [0.2, 0.25) is 0 Å². The number of halogens is 1. The Labute approximate surface area is 126 Å². The fraction of sp³-hybridized carbons (Fsp3) is 0.250. The maximum Gasteiger partial charge on any atom is 0.128 e. The molecule has 2 aromatic carbocycles. The first kappa shape index (κ1) is 13.5. The monoisotopic (exact) mass is 334 g/mol. The number of aliphatic hydroxyl groups is 1. The van der Waals surface area contributed by atoms with E-state index in [9.17, 15) is 5.11 Å². The van der Waals surface area contributed by atoms with Crippen molar-refractivity contribution < 1.29 is 14.6 Å². The van der Waals surface area contributed by atoms with Crippen molar-refractivity contribution in [3.63, 3.8) is 0 Å². The van der Waals surface area contributed by atoms with Crippen LogP contribution < -0.4 is 9.47 Å². The Morgan fingerprint density at radius 2 is 2.00 bits per heavy atom. The topological polar surface area (TPSA) is 38.7 Å². The van der Waals surface area contributed by atoms with Crippen LogP contribution in [0.3, 0.4) is 0 Å². The molecule has 1 aliphatic rings. The SMILES string of the molecule is COc1ccc(Br)c(C2CC(O)c3ccccc3O2)c1. The van der Waals surface area contributed by atoms with E-state index < -0.39 is 6.10 Å². The predicted molar refractivity (Wildman–Crippen MR) is 80.1 cm³/mol. The van der Waals surface area contributed by atoms with Gasteiger partial charge in [-0.05, 0) is 24.3 Å². The molecule has 2 unspecified atom stereocenters. The molecule has 3 rings (SSSR count). The Bertz CT molecular complexity index is 627. The standard InChI is InChI=1S/C16H15BrO3/c1-19-10-6-7-13(17)12(8-10)16-9-14(18)11-4-2-3-5-15(11)20-16/h2-8,14,16,18H,9H2,1H3. The van der Waals surface area contributed by atoms with E-state index in [1.165, 1.54) is 0 Å². The van der Waals surface area contributed by atoms with Crippen LogP contribution in [-0.2, 0) is 0 Å². The Kier molecular flexibility index (Phi) is 3.68. The second-order valence-corrected chi connectivity index (χ2v) is 5.64. The van der Waals surface area contributed by atoms with Gasteiger partial charge in [0.25, 0.3) is 0 Å². The number of hydrogen-bond acceptors (Lipinski definition) is 3. The molecule has 2 aromatic rings. The van der Waals surface area contributed by atoms with Gasteiger partial charge in [-0.2, -0.15) is 0 Å². The smallest absolute Gasteiger partial charge is 0.128 e. The molecule has 0 spiro atoms. The minimum absolute atomic E-state index is 0.190. The lowest BCUT2D eigenvalue weighted by Gasteiger charge is -2.30. The van der Waals surface area contributed by atoms with Crippen LogP contribution in [0.25, 0.3) is 0 Å². The highest BCUT2D eigenvalue weighted by Gasteiger charge is 2.29. The fourth-order valence-corrected chi connectivity index (χ4v) is 2.98. The lowest BCUT2D eigenvalue weighted by molar-refractivity contribution is 0.0653. The molecule has 4 heteroatoms. The first-order valence-electron chi connectivity index (χ1n) is 6.46. The minimum Gasteiger partial charge on any atom is -0.497 e. The van der Waals surface area contributed by atoms with Crippen LogP contribution in [-0.4, -0.2) is 12.2 Å². The van der Waals surface area contributed by atoms with Crippen molar-refractivity contribution in [1.82, 2.24) is 0 Å². The molecule has 0 amide bonds. The Morgan fingerprint density at radius 1 is 1.20 bits per heavy atom. The lowest BCUT2D eigenvalue weighted by Crippen LogP contribution is -2.19. The average molecular weight is 335 g/mol. The van der Waals surface area contributed by atoms with Gasteiger partial charge in [-0.1, -0.05) is 34.1 Å². The molecular weight excluding hydrogens is 320 g/mol. The van der Waals surface area contributed by atoms with Crippen LogP contribution in [0, 0.1) is 0 Å². The molecule has 3 nitrogen and oxygen atoms in total. The number of fused-ring (bicyclic) bond motifs is 1. The molecule has 0 aliphatic carbocycles. The predicted octanol–water partition coefficient (Wildman–Crippen LogP) is 4.01. The van der Waals surface area contributed by atoms with E-state index in [0.29, 0.717) is 6.42 Å². The first-order valence-corrected chi connectivity index (χ1v) is 7.25. The van der Waals surface area contributed by atoms with Gasteiger partial charge in [-0.15, -0.1) is 0 Å². The molecule has 0 fully saturated rings. The van der Waals surface area contributed by atoms with E-state index in [1.54, 1.807) is 7.11 Å². The van der Waals surface area contributed by atoms with Gasteiger partial charge in [0.1, 0.15) is 17.6 Å². The molecule has 1 N–H and O–H groups in total. The zero-order valence-corrected chi connectivity index (χ0v) is 12.6. The van der Waals surface area contributed by atoms with E-state index in [2.05, 4.69) is 15.9 Å². The zero-order chi connectivity index (χ0) is 14.1. The van der Waals surface area contributed by atoms with Crippen LogP contribution in [0.5, 0.6) is 11.5 Å². The summed E-state index contributed by atoms with van der Waals surface area (Å²) < 4.78 is 12.2. The van der Waals surface area contributed by atoms with Gasteiger partial charge in [0.2, 0.25) is 0 Å². The summed E-state index contributed by atoms with van der Waals surface area (Å²) in [4.78, 5) is 0.